The van der Waals surface area contributed by atoms with Crippen LogP contribution in [0.5, 0.6) is 0 Å². The van der Waals surface area contributed by atoms with Crippen LogP contribution in [0.15, 0.2) is 54.6 Å². The lowest BCUT2D eigenvalue weighted by Gasteiger charge is -2.34. The van der Waals surface area contributed by atoms with E-state index in [9.17, 15) is 4.79 Å². The van der Waals surface area contributed by atoms with Gasteiger partial charge in [-0.3, -0.25) is 9.80 Å². The molecule has 26 heavy (non-hydrogen) atoms. The zero-order valence-corrected chi connectivity index (χ0v) is 15.4. The number of urea groups is 1. The minimum Gasteiger partial charge on any atom is -0.337 e. The summed E-state index contributed by atoms with van der Waals surface area (Å²) in [5.74, 6) is 0. The SMILES string of the molecule is Cc1cccc(NC(=O)NCCN2CCN(Cc3ccccc3)CC2)c1. The molecule has 2 aromatic carbocycles. The van der Waals surface area contributed by atoms with Crippen LogP contribution in [0.2, 0.25) is 0 Å². The Bertz CT molecular complexity index is 696. The first-order valence-corrected chi connectivity index (χ1v) is 9.29. The Morgan fingerprint density at radius 2 is 1.69 bits per heavy atom. The van der Waals surface area contributed by atoms with E-state index in [4.69, 9.17) is 0 Å². The Labute approximate surface area is 156 Å². The first kappa shape index (κ1) is 18.4. The minimum atomic E-state index is -0.140. The smallest absolute Gasteiger partial charge is 0.319 e. The number of carbonyl (C=O) groups is 1. The molecule has 1 saturated heterocycles. The van der Waals surface area contributed by atoms with Gasteiger partial charge < -0.3 is 10.6 Å². The molecule has 0 spiro atoms. The van der Waals surface area contributed by atoms with Crippen LogP contribution in [-0.4, -0.2) is 55.1 Å². The highest BCUT2D eigenvalue weighted by molar-refractivity contribution is 5.89. The molecule has 0 aromatic heterocycles. The quantitative estimate of drug-likeness (QED) is 0.840. The van der Waals surface area contributed by atoms with Gasteiger partial charge in [-0.2, -0.15) is 0 Å². The largest absolute Gasteiger partial charge is 0.337 e. The van der Waals surface area contributed by atoms with Crippen LogP contribution in [-0.2, 0) is 6.54 Å². The van der Waals surface area contributed by atoms with E-state index in [2.05, 4.69) is 50.8 Å². The molecule has 1 fully saturated rings. The van der Waals surface area contributed by atoms with Crippen molar-refractivity contribution in [1.82, 2.24) is 15.1 Å². The number of aryl methyl sites for hydroxylation is 1. The van der Waals surface area contributed by atoms with Crippen molar-refractivity contribution in [1.29, 1.82) is 0 Å². The van der Waals surface area contributed by atoms with Crippen LogP contribution >= 0.6 is 0 Å². The molecule has 3 rings (SSSR count). The number of nitrogens with one attached hydrogen (secondary N) is 2. The van der Waals surface area contributed by atoms with Crippen LogP contribution < -0.4 is 10.6 Å². The van der Waals surface area contributed by atoms with Crippen molar-refractivity contribution >= 4 is 11.7 Å². The molecule has 0 aliphatic carbocycles. The maximum atomic E-state index is 12.0. The molecule has 2 N–H and O–H groups in total. The van der Waals surface area contributed by atoms with E-state index in [1.165, 1.54) is 5.56 Å². The predicted octanol–water partition coefficient (Wildman–Crippen LogP) is 2.93. The lowest BCUT2D eigenvalue weighted by atomic mass is 10.2. The van der Waals surface area contributed by atoms with E-state index < -0.39 is 0 Å². The van der Waals surface area contributed by atoms with Gasteiger partial charge in [-0.05, 0) is 30.2 Å². The second-order valence-electron chi connectivity index (χ2n) is 6.85. The lowest BCUT2D eigenvalue weighted by Crippen LogP contribution is -2.48. The number of amides is 2. The molecule has 0 radical (unpaired) electrons. The molecule has 1 aliphatic rings. The summed E-state index contributed by atoms with van der Waals surface area (Å²) in [7, 11) is 0. The van der Waals surface area contributed by atoms with Gasteiger partial charge in [-0.15, -0.1) is 0 Å². The number of rotatable bonds is 6. The zero-order valence-electron chi connectivity index (χ0n) is 15.4. The maximum absolute atomic E-state index is 12.0. The van der Waals surface area contributed by atoms with Crippen LogP contribution in [0, 0.1) is 6.92 Å². The van der Waals surface area contributed by atoms with Crippen LogP contribution in [0.4, 0.5) is 10.5 Å². The van der Waals surface area contributed by atoms with E-state index in [-0.39, 0.29) is 6.03 Å². The molecule has 0 saturated carbocycles. The molecule has 138 valence electrons. The van der Waals surface area contributed by atoms with Gasteiger partial charge in [0.05, 0.1) is 0 Å². The van der Waals surface area contributed by atoms with E-state index in [0.29, 0.717) is 6.54 Å². The van der Waals surface area contributed by atoms with E-state index in [0.717, 1.165) is 50.5 Å². The van der Waals surface area contributed by atoms with Crippen molar-refractivity contribution in [3.05, 3.63) is 65.7 Å². The number of hydrogen-bond acceptors (Lipinski definition) is 3. The molecule has 1 heterocycles. The van der Waals surface area contributed by atoms with Gasteiger partial charge in [0.25, 0.3) is 0 Å². The zero-order chi connectivity index (χ0) is 18.2. The third-order valence-electron chi connectivity index (χ3n) is 4.70. The van der Waals surface area contributed by atoms with Crippen molar-refractivity contribution < 1.29 is 4.79 Å². The van der Waals surface area contributed by atoms with E-state index >= 15 is 0 Å². The number of benzene rings is 2. The Hall–Kier alpha value is -2.37. The van der Waals surface area contributed by atoms with E-state index in [1.807, 2.05) is 31.2 Å². The van der Waals surface area contributed by atoms with Gasteiger partial charge in [0.15, 0.2) is 0 Å². The Kier molecular flexibility index (Phi) is 6.63. The van der Waals surface area contributed by atoms with Gasteiger partial charge in [0.1, 0.15) is 0 Å². The molecule has 0 bridgehead atoms. The maximum Gasteiger partial charge on any atom is 0.319 e. The molecule has 2 amide bonds. The summed E-state index contributed by atoms with van der Waals surface area (Å²) in [6.45, 7) is 8.83. The molecule has 1 aliphatic heterocycles. The van der Waals surface area contributed by atoms with Crippen LogP contribution in [0.1, 0.15) is 11.1 Å². The van der Waals surface area contributed by atoms with Gasteiger partial charge in [0.2, 0.25) is 0 Å². The highest BCUT2D eigenvalue weighted by atomic mass is 16.2. The van der Waals surface area contributed by atoms with Crippen LogP contribution in [0.3, 0.4) is 0 Å². The highest BCUT2D eigenvalue weighted by Crippen LogP contribution is 2.09. The number of carbonyl (C=O) groups excluding carboxylic acids is 1. The fourth-order valence-electron chi connectivity index (χ4n) is 3.24. The fraction of sp³-hybridized carbons (Fsp3) is 0.381. The number of piperazine rings is 1. The van der Waals surface area contributed by atoms with Crippen molar-refractivity contribution in [2.45, 2.75) is 13.5 Å². The van der Waals surface area contributed by atoms with Gasteiger partial charge in [0, 0.05) is 51.5 Å². The highest BCUT2D eigenvalue weighted by Gasteiger charge is 2.16. The summed E-state index contributed by atoms with van der Waals surface area (Å²) < 4.78 is 0. The Morgan fingerprint density at radius 3 is 2.42 bits per heavy atom. The molecular weight excluding hydrogens is 324 g/mol. The summed E-state index contributed by atoms with van der Waals surface area (Å²) in [6, 6.07) is 18.3. The number of nitrogens with zero attached hydrogens (tertiary/aromatic N) is 2. The number of anilines is 1. The van der Waals surface area contributed by atoms with Crippen LogP contribution in [0.25, 0.3) is 0 Å². The second kappa shape index (κ2) is 9.36. The predicted molar refractivity (Wildman–Crippen MR) is 106 cm³/mol. The topological polar surface area (TPSA) is 47.6 Å². The summed E-state index contributed by atoms with van der Waals surface area (Å²) in [5.41, 5.74) is 3.34. The third kappa shape index (κ3) is 5.86. The van der Waals surface area contributed by atoms with Gasteiger partial charge in [-0.1, -0.05) is 42.5 Å². The van der Waals surface area contributed by atoms with Crippen molar-refractivity contribution in [2.24, 2.45) is 0 Å². The molecule has 5 nitrogen and oxygen atoms in total. The standard InChI is InChI=1S/C21H28N4O/c1-18-6-5-9-20(16-18)23-21(26)22-10-11-24-12-14-25(15-13-24)17-19-7-3-2-4-8-19/h2-9,16H,10-15,17H2,1H3,(H2,22,23,26). The summed E-state index contributed by atoms with van der Waals surface area (Å²) in [6.07, 6.45) is 0. The molecular formula is C21H28N4O. The summed E-state index contributed by atoms with van der Waals surface area (Å²) >= 11 is 0. The summed E-state index contributed by atoms with van der Waals surface area (Å²) in [4.78, 5) is 16.9. The fourth-order valence-corrected chi connectivity index (χ4v) is 3.24. The van der Waals surface area contributed by atoms with Gasteiger partial charge in [-0.25, -0.2) is 4.79 Å². The lowest BCUT2D eigenvalue weighted by molar-refractivity contribution is 0.128. The molecule has 5 heteroatoms. The monoisotopic (exact) mass is 352 g/mol. The van der Waals surface area contributed by atoms with Crippen molar-refractivity contribution in [3.8, 4) is 0 Å². The minimum absolute atomic E-state index is 0.140. The molecule has 0 unspecified atom stereocenters. The third-order valence-corrected chi connectivity index (χ3v) is 4.70. The Balaban J connectivity index is 1.32. The first-order chi connectivity index (χ1) is 12.7. The van der Waals surface area contributed by atoms with E-state index in [1.54, 1.807) is 0 Å². The normalized spacial score (nSPS) is 15.6. The molecule has 0 atom stereocenters. The molecule has 2 aromatic rings. The average molecular weight is 352 g/mol. The first-order valence-electron chi connectivity index (χ1n) is 9.29. The summed E-state index contributed by atoms with van der Waals surface area (Å²) in [5, 5.41) is 5.82. The average Bonchev–Trinajstić information content (AvgIpc) is 2.64. The Morgan fingerprint density at radius 1 is 0.962 bits per heavy atom. The van der Waals surface area contributed by atoms with Crippen molar-refractivity contribution in [2.75, 3.05) is 44.6 Å². The number of hydrogen-bond donors (Lipinski definition) is 2. The van der Waals surface area contributed by atoms with Crippen molar-refractivity contribution in [3.63, 3.8) is 0 Å². The second-order valence-corrected chi connectivity index (χ2v) is 6.85. The van der Waals surface area contributed by atoms with Gasteiger partial charge >= 0.3 is 6.03 Å².